The van der Waals surface area contributed by atoms with Crippen molar-refractivity contribution < 1.29 is 37.8 Å². The normalized spacial score (nSPS) is 11.0. The van der Waals surface area contributed by atoms with Gasteiger partial charge in [-0.1, -0.05) is 12.1 Å². The monoisotopic (exact) mass is 388 g/mol. The molecule has 2 rings (SSSR count). The lowest BCUT2D eigenvalue weighted by molar-refractivity contribution is -0.129. The minimum Gasteiger partial charge on any atom is -0.503 e. The number of amides is 1. The van der Waals surface area contributed by atoms with Gasteiger partial charge in [0.25, 0.3) is 0 Å². The Kier molecular flexibility index (Phi) is 6.59. The van der Waals surface area contributed by atoms with Crippen LogP contribution in [0, 0.1) is 23.3 Å². The van der Waals surface area contributed by atoms with Crippen LogP contribution in [-0.4, -0.2) is 32.8 Å². The molecule has 0 fully saturated rings. The summed E-state index contributed by atoms with van der Waals surface area (Å²) < 4.78 is 54.4. The second-order valence-electron chi connectivity index (χ2n) is 5.73. The van der Waals surface area contributed by atoms with E-state index in [0.717, 1.165) is 24.3 Å². The highest BCUT2D eigenvalue weighted by Gasteiger charge is 2.19. The summed E-state index contributed by atoms with van der Waals surface area (Å²) in [6, 6.07) is 3.83. The molecule has 0 aliphatic carbocycles. The van der Waals surface area contributed by atoms with Crippen LogP contribution in [0.5, 0.6) is 11.5 Å². The molecule has 0 bridgehead atoms. The zero-order valence-electron chi connectivity index (χ0n) is 13.8. The molecule has 0 atom stereocenters. The van der Waals surface area contributed by atoms with Gasteiger partial charge in [-0.2, -0.15) is 0 Å². The zero-order chi connectivity index (χ0) is 20.1. The van der Waals surface area contributed by atoms with Crippen LogP contribution in [0.2, 0.25) is 0 Å². The summed E-state index contributed by atoms with van der Waals surface area (Å²) in [6.45, 7) is -0.631. The third-order valence-corrected chi connectivity index (χ3v) is 3.86. The van der Waals surface area contributed by atoms with E-state index in [1.807, 2.05) is 0 Å². The molecule has 0 radical (unpaired) electrons. The summed E-state index contributed by atoms with van der Waals surface area (Å²) >= 11 is 0. The average molecular weight is 388 g/mol. The topological polar surface area (TPSA) is 93.0 Å². The maximum absolute atomic E-state index is 14.0. The number of hydrogen-bond acceptors (Lipinski definition) is 5. The first kappa shape index (κ1) is 20.5. The second-order valence-corrected chi connectivity index (χ2v) is 5.73. The maximum atomic E-state index is 14.0. The van der Waals surface area contributed by atoms with Gasteiger partial charge >= 0.3 is 0 Å². The van der Waals surface area contributed by atoms with Gasteiger partial charge in [-0.15, -0.1) is 0 Å². The van der Waals surface area contributed by atoms with E-state index in [0.29, 0.717) is 0 Å². The van der Waals surface area contributed by atoms with E-state index in [9.17, 15) is 32.6 Å². The van der Waals surface area contributed by atoms with E-state index >= 15 is 0 Å². The average Bonchev–Trinajstić information content (AvgIpc) is 2.66. The molecule has 0 saturated heterocycles. The summed E-state index contributed by atoms with van der Waals surface area (Å²) in [5, 5.41) is 27.3. The summed E-state index contributed by atoms with van der Waals surface area (Å²) in [5.41, 5.74) is 1.14. The van der Waals surface area contributed by atoms with Crippen LogP contribution in [0.3, 0.4) is 0 Å². The van der Waals surface area contributed by atoms with Crippen molar-refractivity contribution in [3.63, 3.8) is 0 Å². The van der Waals surface area contributed by atoms with Crippen molar-refractivity contribution in [3.8, 4) is 11.5 Å². The number of carbonyl (C=O) groups is 1. The molecular weight excluding hydrogens is 372 g/mol. The Hall–Kier alpha value is -2.85. The molecule has 27 heavy (non-hydrogen) atoms. The number of nitrogens with one attached hydrogen (secondary N) is 1. The van der Waals surface area contributed by atoms with Gasteiger partial charge in [0, 0.05) is 37.2 Å². The number of nitrogens with zero attached hydrogens (tertiary/aromatic N) is 1. The number of hydrogen-bond donors (Lipinski definition) is 4. The summed E-state index contributed by atoms with van der Waals surface area (Å²) in [5.74, 6) is -7.85. The molecule has 0 saturated carbocycles. The Balaban J connectivity index is 2.27. The Labute approximate surface area is 151 Å². The van der Waals surface area contributed by atoms with Crippen LogP contribution in [0.4, 0.5) is 17.6 Å². The molecule has 146 valence electrons. The molecule has 0 unspecified atom stereocenters. The molecule has 1 amide bonds. The Morgan fingerprint density at radius 1 is 0.889 bits per heavy atom. The summed E-state index contributed by atoms with van der Waals surface area (Å²) in [7, 11) is 0. The molecule has 2 aromatic carbocycles. The first-order valence-electron chi connectivity index (χ1n) is 7.71. The number of carbonyl (C=O) groups excluding carboxylic acids is 1. The molecule has 0 spiro atoms. The lowest BCUT2D eigenvalue weighted by Crippen LogP contribution is -2.29. The van der Waals surface area contributed by atoms with Crippen molar-refractivity contribution in [1.29, 1.82) is 0 Å². The molecule has 6 nitrogen and oxygen atoms in total. The van der Waals surface area contributed by atoms with Crippen LogP contribution in [0.1, 0.15) is 17.5 Å². The predicted molar refractivity (Wildman–Crippen MR) is 84.7 cm³/mol. The fraction of sp³-hybridized carbons (Fsp3) is 0.235. The van der Waals surface area contributed by atoms with E-state index in [4.69, 9.17) is 5.21 Å². The number of phenolic OH excluding ortho intramolecular Hbond substituents is 2. The first-order chi connectivity index (χ1) is 12.7. The van der Waals surface area contributed by atoms with Gasteiger partial charge in [-0.3, -0.25) is 14.9 Å². The van der Waals surface area contributed by atoms with Gasteiger partial charge in [-0.25, -0.2) is 23.0 Å². The highest BCUT2D eigenvalue weighted by molar-refractivity contribution is 5.74. The highest BCUT2D eigenvalue weighted by Crippen LogP contribution is 2.27. The van der Waals surface area contributed by atoms with Gasteiger partial charge in [0.05, 0.1) is 0 Å². The van der Waals surface area contributed by atoms with Gasteiger partial charge in [0.1, 0.15) is 0 Å². The van der Waals surface area contributed by atoms with E-state index in [1.165, 1.54) is 10.4 Å². The zero-order valence-corrected chi connectivity index (χ0v) is 13.8. The number of phenols is 2. The van der Waals surface area contributed by atoms with Crippen molar-refractivity contribution in [3.05, 3.63) is 58.7 Å². The molecule has 0 aromatic heterocycles. The second kappa shape index (κ2) is 8.69. The quantitative estimate of drug-likeness (QED) is 0.332. The lowest BCUT2D eigenvalue weighted by atomic mass is 10.1. The standard InChI is InChI=1S/C17H16F4N2O4/c18-11-3-1-9(14(20)16(11)25)7-23(6-5-13(24)22-27)8-10-2-4-12(19)17(26)15(10)21/h1-4,25-27H,5-8H2,(H,22,24). The molecule has 4 N–H and O–H groups in total. The fourth-order valence-corrected chi connectivity index (χ4v) is 2.42. The van der Waals surface area contributed by atoms with E-state index in [2.05, 4.69) is 0 Å². The largest absolute Gasteiger partial charge is 0.503 e. The predicted octanol–water partition coefficient (Wildman–Crippen LogP) is 2.55. The van der Waals surface area contributed by atoms with Crippen LogP contribution in [0.25, 0.3) is 0 Å². The van der Waals surface area contributed by atoms with Crippen molar-refractivity contribution >= 4 is 5.91 Å². The molecule has 2 aromatic rings. The van der Waals surface area contributed by atoms with Crippen molar-refractivity contribution in [2.45, 2.75) is 19.5 Å². The third kappa shape index (κ3) is 4.86. The lowest BCUT2D eigenvalue weighted by Gasteiger charge is -2.23. The number of hydroxylamine groups is 1. The van der Waals surface area contributed by atoms with Crippen molar-refractivity contribution in [2.75, 3.05) is 6.54 Å². The Morgan fingerprint density at radius 2 is 1.33 bits per heavy atom. The summed E-state index contributed by atoms with van der Waals surface area (Å²) in [6.07, 6.45) is -0.250. The number of halogens is 4. The molecule has 0 aliphatic rings. The first-order valence-corrected chi connectivity index (χ1v) is 7.71. The molecule has 0 aliphatic heterocycles. The number of benzene rings is 2. The Morgan fingerprint density at radius 3 is 1.74 bits per heavy atom. The fourth-order valence-electron chi connectivity index (χ4n) is 2.42. The van der Waals surface area contributed by atoms with E-state index in [1.54, 1.807) is 0 Å². The number of aromatic hydroxyl groups is 2. The molecule has 0 heterocycles. The van der Waals surface area contributed by atoms with Crippen molar-refractivity contribution in [1.82, 2.24) is 10.4 Å². The van der Waals surface area contributed by atoms with Gasteiger partial charge in [0.2, 0.25) is 5.91 Å². The van der Waals surface area contributed by atoms with Crippen LogP contribution < -0.4 is 5.48 Å². The minimum absolute atomic E-state index is 0.0957. The molecular formula is C17H16F4N2O4. The van der Waals surface area contributed by atoms with Gasteiger partial charge in [0.15, 0.2) is 34.8 Å². The van der Waals surface area contributed by atoms with Crippen LogP contribution in [0.15, 0.2) is 24.3 Å². The van der Waals surface area contributed by atoms with Gasteiger partial charge in [-0.05, 0) is 12.1 Å². The molecule has 10 heteroatoms. The van der Waals surface area contributed by atoms with E-state index < -0.39 is 40.7 Å². The van der Waals surface area contributed by atoms with Crippen LogP contribution >= 0.6 is 0 Å². The summed E-state index contributed by atoms with van der Waals surface area (Å²) in [4.78, 5) is 12.6. The van der Waals surface area contributed by atoms with E-state index in [-0.39, 0.29) is 37.2 Å². The maximum Gasteiger partial charge on any atom is 0.244 e. The van der Waals surface area contributed by atoms with Crippen molar-refractivity contribution in [2.24, 2.45) is 0 Å². The number of rotatable bonds is 7. The SMILES string of the molecule is O=C(CCN(Cc1ccc(F)c(O)c1F)Cc1ccc(F)c(O)c1F)NO. The Bertz CT molecular complexity index is 789. The third-order valence-electron chi connectivity index (χ3n) is 3.86. The highest BCUT2D eigenvalue weighted by atomic mass is 19.1. The van der Waals surface area contributed by atoms with Crippen LogP contribution in [-0.2, 0) is 17.9 Å². The smallest absolute Gasteiger partial charge is 0.244 e. The minimum atomic E-state index is -1.21. The van der Waals surface area contributed by atoms with Gasteiger partial charge < -0.3 is 10.2 Å².